The van der Waals surface area contributed by atoms with Crippen molar-refractivity contribution in [2.75, 3.05) is 19.6 Å². The van der Waals surface area contributed by atoms with Crippen LogP contribution in [0.4, 0.5) is 4.39 Å². The first-order chi connectivity index (χ1) is 14.9. The third-order valence-corrected chi connectivity index (χ3v) is 7.02. The predicted molar refractivity (Wildman–Crippen MR) is 116 cm³/mol. The van der Waals surface area contributed by atoms with Gasteiger partial charge >= 0.3 is 0 Å². The number of benzene rings is 1. The van der Waals surface area contributed by atoms with E-state index in [4.69, 9.17) is 0 Å². The minimum atomic E-state index is -0.636. The Hall–Kier alpha value is -2.70. The van der Waals surface area contributed by atoms with Gasteiger partial charge in [0.05, 0.1) is 23.3 Å². The van der Waals surface area contributed by atoms with Gasteiger partial charge in [-0.25, -0.2) is 4.39 Å². The summed E-state index contributed by atoms with van der Waals surface area (Å²) in [6.07, 6.45) is 6.43. The molecule has 31 heavy (non-hydrogen) atoms. The molecular formula is C24H31FN4O2. The topological polar surface area (TPSA) is 69.3 Å². The van der Waals surface area contributed by atoms with Gasteiger partial charge in [0.25, 0.3) is 0 Å². The Labute approximate surface area is 182 Å². The number of hydrogen-bond donors (Lipinski definition) is 1. The van der Waals surface area contributed by atoms with Gasteiger partial charge in [0, 0.05) is 26.6 Å². The molecule has 1 atom stereocenters. The van der Waals surface area contributed by atoms with E-state index < -0.39 is 5.41 Å². The summed E-state index contributed by atoms with van der Waals surface area (Å²) >= 11 is 0. The summed E-state index contributed by atoms with van der Waals surface area (Å²) in [6, 6.07) is 6.53. The second kappa shape index (κ2) is 8.81. The van der Waals surface area contributed by atoms with Crippen LogP contribution in [0.15, 0.2) is 30.5 Å². The van der Waals surface area contributed by atoms with Gasteiger partial charge in [-0.2, -0.15) is 5.10 Å². The minimum Gasteiger partial charge on any atom is -0.343 e. The van der Waals surface area contributed by atoms with Gasteiger partial charge in [-0.15, -0.1) is 0 Å². The number of carbonyl (C=O) groups excluding carboxylic acids is 2. The molecule has 3 heterocycles. The van der Waals surface area contributed by atoms with E-state index in [9.17, 15) is 14.0 Å². The molecule has 0 aliphatic carbocycles. The molecule has 4 rings (SSSR count). The van der Waals surface area contributed by atoms with Crippen molar-refractivity contribution >= 4 is 11.8 Å². The maximum atomic E-state index is 14.2. The molecule has 0 radical (unpaired) electrons. The summed E-state index contributed by atoms with van der Waals surface area (Å²) in [4.78, 5) is 29.9. The van der Waals surface area contributed by atoms with Crippen LogP contribution in [0.2, 0.25) is 0 Å². The van der Waals surface area contributed by atoms with Crippen LogP contribution in [0.1, 0.15) is 61.9 Å². The molecule has 2 fully saturated rings. The fourth-order valence-electron chi connectivity index (χ4n) is 5.23. The molecule has 0 spiro atoms. The monoisotopic (exact) mass is 426 g/mol. The molecule has 2 amide bonds. The van der Waals surface area contributed by atoms with Crippen molar-refractivity contribution in [2.24, 2.45) is 5.41 Å². The largest absolute Gasteiger partial charge is 0.343 e. The van der Waals surface area contributed by atoms with Crippen molar-refractivity contribution in [3.05, 3.63) is 53.1 Å². The van der Waals surface area contributed by atoms with Gasteiger partial charge in [-0.3, -0.25) is 14.7 Å². The smallest absolute Gasteiger partial charge is 0.229 e. The van der Waals surface area contributed by atoms with Gasteiger partial charge in [0.2, 0.25) is 11.8 Å². The Morgan fingerprint density at radius 2 is 2.00 bits per heavy atom. The first-order valence-corrected chi connectivity index (χ1v) is 11.2. The van der Waals surface area contributed by atoms with Crippen molar-refractivity contribution in [3.8, 4) is 0 Å². The highest BCUT2D eigenvalue weighted by Gasteiger charge is 2.46. The van der Waals surface area contributed by atoms with Gasteiger partial charge in [-0.1, -0.05) is 12.1 Å². The maximum Gasteiger partial charge on any atom is 0.229 e. The van der Waals surface area contributed by atoms with E-state index in [1.54, 1.807) is 19.2 Å². The molecule has 1 aromatic carbocycles. The second-order valence-electron chi connectivity index (χ2n) is 9.07. The molecule has 1 N–H and O–H groups in total. The number of rotatable bonds is 4. The normalized spacial score (nSPS) is 21.2. The average molecular weight is 427 g/mol. The lowest BCUT2D eigenvalue weighted by Gasteiger charge is -2.46. The molecule has 2 aromatic rings. The lowest BCUT2D eigenvalue weighted by Crippen LogP contribution is -2.53. The molecule has 6 nitrogen and oxygen atoms in total. The van der Waals surface area contributed by atoms with E-state index in [0.717, 1.165) is 36.1 Å². The first kappa shape index (κ1) is 21.5. The Kier molecular flexibility index (Phi) is 6.12. The number of halogens is 1. The van der Waals surface area contributed by atoms with E-state index in [1.807, 2.05) is 22.8 Å². The predicted octanol–water partition coefficient (Wildman–Crippen LogP) is 3.78. The standard InChI is InChI=1S/C24H31FN4O2/c1-17-16-26-27-22(17)21-8-3-4-11-29(21)23(31)24(9-12-28(13-10-24)18(2)30)15-19-6-5-7-20(25)14-19/h5-7,14,16,21H,3-4,8-13,15H2,1-2H3,(H,26,27)/t21-/m1/s1. The van der Waals surface area contributed by atoms with Gasteiger partial charge in [0.15, 0.2) is 0 Å². The summed E-state index contributed by atoms with van der Waals surface area (Å²) in [5, 5.41) is 7.29. The number of piperidine rings is 2. The number of amides is 2. The molecular weight excluding hydrogens is 395 g/mol. The summed E-state index contributed by atoms with van der Waals surface area (Å²) in [6.45, 7) is 5.41. The number of aromatic nitrogens is 2. The highest BCUT2D eigenvalue weighted by Crippen LogP contribution is 2.41. The van der Waals surface area contributed by atoms with E-state index in [0.29, 0.717) is 38.9 Å². The van der Waals surface area contributed by atoms with Crippen LogP contribution >= 0.6 is 0 Å². The lowest BCUT2D eigenvalue weighted by atomic mass is 9.72. The van der Waals surface area contributed by atoms with Gasteiger partial charge in [-0.05, 0) is 68.7 Å². The maximum absolute atomic E-state index is 14.2. The first-order valence-electron chi connectivity index (χ1n) is 11.2. The SMILES string of the molecule is CC(=O)N1CCC(Cc2cccc(F)c2)(C(=O)N2CCCC[C@@H]2c2[nH]ncc2C)CC1. The van der Waals surface area contributed by atoms with Crippen LogP contribution in [-0.4, -0.2) is 51.4 Å². The molecule has 2 aliphatic heterocycles. The number of aryl methyl sites for hydroxylation is 1. The molecule has 0 bridgehead atoms. The third kappa shape index (κ3) is 4.36. The number of nitrogens with one attached hydrogen (secondary N) is 1. The lowest BCUT2D eigenvalue weighted by molar-refractivity contribution is -0.151. The number of aromatic amines is 1. The number of H-pyrrole nitrogens is 1. The van der Waals surface area contributed by atoms with Crippen molar-refractivity contribution in [1.29, 1.82) is 0 Å². The van der Waals surface area contributed by atoms with E-state index in [1.165, 1.54) is 12.1 Å². The molecule has 166 valence electrons. The van der Waals surface area contributed by atoms with E-state index in [2.05, 4.69) is 10.2 Å². The van der Waals surface area contributed by atoms with Crippen LogP contribution in [0.3, 0.4) is 0 Å². The van der Waals surface area contributed by atoms with Gasteiger partial charge < -0.3 is 9.80 Å². The molecule has 2 saturated heterocycles. The quantitative estimate of drug-likeness (QED) is 0.809. The Morgan fingerprint density at radius 3 is 2.65 bits per heavy atom. The number of hydrogen-bond acceptors (Lipinski definition) is 3. The summed E-state index contributed by atoms with van der Waals surface area (Å²) < 4.78 is 13.9. The highest BCUT2D eigenvalue weighted by atomic mass is 19.1. The number of carbonyl (C=O) groups is 2. The van der Waals surface area contributed by atoms with Crippen molar-refractivity contribution in [1.82, 2.24) is 20.0 Å². The van der Waals surface area contributed by atoms with Crippen LogP contribution < -0.4 is 0 Å². The molecule has 0 unspecified atom stereocenters. The molecule has 1 aromatic heterocycles. The van der Waals surface area contributed by atoms with Crippen molar-refractivity contribution in [2.45, 2.75) is 58.4 Å². The number of nitrogens with zero attached hydrogens (tertiary/aromatic N) is 3. The average Bonchev–Trinajstić information content (AvgIpc) is 3.19. The van der Waals surface area contributed by atoms with Crippen molar-refractivity contribution < 1.29 is 14.0 Å². The second-order valence-corrected chi connectivity index (χ2v) is 9.07. The van der Waals surface area contributed by atoms with Crippen LogP contribution in [0.5, 0.6) is 0 Å². The van der Waals surface area contributed by atoms with Crippen molar-refractivity contribution in [3.63, 3.8) is 0 Å². The number of likely N-dealkylation sites (tertiary alicyclic amines) is 2. The Balaban J connectivity index is 1.66. The Bertz CT molecular complexity index is 949. The Morgan fingerprint density at radius 1 is 1.23 bits per heavy atom. The van der Waals surface area contributed by atoms with Crippen LogP contribution in [-0.2, 0) is 16.0 Å². The summed E-state index contributed by atoms with van der Waals surface area (Å²) in [5.74, 6) is -0.125. The van der Waals surface area contributed by atoms with E-state index in [-0.39, 0.29) is 23.7 Å². The van der Waals surface area contributed by atoms with Gasteiger partial charge in [0.1, 0.15) is 5.82 Å². The molecule has 0 saturated carbocycles. The summed E-state index contributed by atoms with van der Waals surface area (Å²) in [7, 11) is 0. The highest BCUT2D eigenvalue weighted by molar-refractivity contribution is 5.84. The third-order valence-electron chi connectivity index (χ3n) is 7.02. The van der Waals surface area contributed by atoms with Crippen LogP contribution in [0.25, 0.3) is 0 Å². The summed E-state index contributed by atoms with van der Waals surface area (Å²) in [5.41, 5.74) is 2.27. The zero-order chi connectivity index (χ0) is 22.0. The van der Waals surface area contributed by atoms with E-state index >= 15 is 0 Å². The zero-order valence-electron chi connectivity index (χ0n) is 18.4. The zero-order valence-corrected chi connectivity index (χ0v) is 18.4. The molecule has 7 heteroatoms. The minimum absolute atomic E-state index is 0.0148. The fourth-order valence-corrected chi connectivity index (χ4v) is 5.23. The van der Waals surface area contributed by atoms with Crippen LogP contribution in [0, 0.1) is 18.2 Å². The molecule has 2 aliphatic rings. The fraction of sp³-hybridized carbons (Fsp3) is 0.542.